The van der Waals surface area contributed by atoms with Crippen molar-refractivity contribution in [3.63, 3.8) is 0 Å². The van der Waals surface area contributed by atoms with Crippen molar-refractivity contribution >= 4 is 34.3 Å². The average Bonchev–Trinajstić information content (AvgIpc) is 2.46. The van der Waals surface area contributed by atoms with E-state index in [2.05, 4.69) is 16.6 Å². The Hall–Kier alpha value is -1.75. The minimum atomic E-state index is -0.146. The molecule has 1 aromatic heterocycles. The molecule has 0 spiro atoms. The quantitative estimate of drug-likeness (QED) is 0.911. The highest BCUT2D eigenvalue weighted by Crippen LogP contribution is 2.42. The maximum absolute atomic E-state index is 12.3. The van der Waals surface area contributed by atoms with Crippen LogP contribution in [-0.2, 0) is 0 Å². The number of para-hydroxylation sites is 1. The fourth-order valence-corrected chi connectivity index (χ4v) is 3.59. The molecule has 1 aliphatic rings. The van der Waals surface area contributed by atoms with E-state index in [-0.39, 0.29) is 10.7 Å². The van der Waals surface area contributed by atoms with Crippen LogP contribution in [0.3, 0.4) is 0 Å². The van der Waals surface area contributed by atoms with E-state index in [4.69, 9.17) is 5.73 Å². The molecule has 110 valence electrons. The number of fused-ring (bicyclic) bond motifs is 1. The van der Waals surface area contributed by atoms with Crippen LogP contribution in [-0.4, -0.2) is 28.4 Å². The molecule has 1 heterocycles. The van der Waals surface area contributed by atoms with Crippen molar-refractivity contribution < 1.29 is 4.79 Å². The third-order valence-electron chi connectivity index (χ3n) is 4.25. The molecule has 1 aliphatic carbocycles. The van der Waals surface area contributed by atoms with E-state index in [0.29, 0.717) is 17.9 Å². The number of pyridine rings is 1. The fourth-order valence-electron chi connectivity index (χ4n) is 2.67. The van der Waals surface area contributed by atoms with Gasteiger partial charge in [-0.15, -0.1) is 0 Å². The van der Waals surface area contributed by atoms with Gasteiger partial charge < -0.3 is 11.1 Å². The van der Waals surface area contributed by atoms with E-state index in [9.17, 15) is 4.79 Å². The zero-order chi connectivity index (χ0) is 14.9. The molecule has 0 unspecified atom stereocenters. The van der Waals surface area contributed by atoms with Gasteiger partial charge in [-0.3, -0.25) is 4.79 Å². The number of rotatable bonds is 4. The molecular formula is C16H19N3OS. The fraction of sp³-hybridized carbons (Fsp3) is 0.375. The number of nitrogen functional groups attached to an aromatic ring is 1. The zero-order valence-corrected chi connectivity index (χ0v) is 12.9. The van der Waals surface area contributed by atoms with Crippen molar-refractivity contribution in [2.45, 2.75) is 24.0 Å². The number of aromatic nitrogens is 1. The maximum Gasteiger partial charge on any atom is 0.270 e. The third kappa shape index (κ3) is 2.70. The number of anilines is 1. The van der Waals surface area contributed by atoms with Crippen LogP contribution >= 0.6 is 11.8 Å². The van der Waals surface area contributed by atoms with Gasteiger partial charge in [0.25, 0.3) is 5.91 Å². The number of nitrogens with one attached hydrogen (secondary N) is 1. The maximum atomic E-state index is 12.3. The summed E-state index contributed by atoms with van der Waals surface area (Å²) in [6.45, 7) is 0.696. The number of hydrogen-bond acceptors (Lipinski definition) is 4. The van der Waals surface area contributed by atoms with Crippen LogP contribution < -0.4 is 11.1 Å². The number of carbonyl (C=O) groups is 1. The zero-order valence-electron chi connectivity index (χ0n) is 12.1. The van der Waals surface area contributed by atoms with Crippen LogP contribution in [0.15, 0.2) is 30.3 Å². The topological polar surface area (TPSA) is 68.0 Å². The molecule has 5 heteroatoms. The van der Waals surface area contributed by atoms with Crippen molar-refractivity contribution in [2.24, 2.45) is 0 Å². The molecule has 0 saturated heterocycles. The van der Waals surface area contributed by atoms with Crippen molar-refractivity contribution in [1.82, 2.24) is 10.3 Å². The van der Waals surface area contributed by atoms with Gasteiger partial charge in [-0.05, 0) is 31.2 Å². The Kier molecular flexibility index (Phi) is 3.76. The molecule has 1 aromatic carbocycles. The van der Waals surface area contributed by atoms with Crippen LogP contribution in [0.25, 0.3) is 10.9 Å². The molecule has 3 rings (SSSR count). The van der Waals surface area contributed by atoms with Gasteiger partial charge in [0.05, 0.1) is 5.52 Å². The van der Waals surface area contributed by atoms with Crippen molar-refractivity contribution in [3.05, 3.63) is 36.0 Å². The summed E-state index contributed by atoms with van der Waals surface area (Å²) in [5, 5.41) is 3.89. The lowest BCUT2D eigenvalue weighted by Crippen LogP contribution is -2.45. The van der Waals surface area contributed by atoms with Crippen molar-refractivity contribution in [2.75, 3.05) is 18.5 Å². The minimum absolute atomic E-state index is 0.146. The van der Waals surface area contributed by atoms with E-state index < -0.39 is 0 Å². The van der Waals surface area contributed by atoms with Gasteiger partial charge in [0.1, 0.15) is 5.69 Å². The van der Waals surface area contributed by atoms with Gasteiger partial charge >= 0.3 is 0 Å². The van der Waals surface area contributed by atoms with E-state index in [1.807, 2.05) is 36.0 Å². The van der Waals surface area contributed by atoms with Crippen molar-refractivity contribution in [1.29, 1.82) is 0 Å². The molecule has 3 N–H and O–H groups in total. The first kappa shape index (κ1) is 14.2. The lowest BCUT2D eigenvalue weighted by Gasteiger charge is -2.40. The van der Waals surface area contributed by atoms with E-state index in [0.717, 1.165) is 10.9 Å². The monoisotopic (exact) mass is 301 g/mol. The number of nitrogens with two attached hydrogens (primary N) is 1. The Bertz CT molecular complexity index is 677. The Morgan fingerprint density at radius 2 is 2.19 bits per heavy atom. The molecule has 0 bridgehead atoms. The van der Waals surface area contributed by atoms with Crippen LogP contribution in [0.2, 0.25) is 0 Å². The first-order valence-electron chi connectivity index (χ1n) is 7.12. The second-order valence-corrected chi connectivity index (χ2v) is 6.81. The van der Waals surface area contributed by atoms with E-state index in [1.54, 1.807) is 6.07 Å². The van der Waals surface area contributed by atoms with Gasteiger partial charge in [0.2, 0.25) is 0 Å². The number of carbonyl (C=O) groups excluding carboxylic acids is 1. The Morgan fingerprint density at radius 1 is 1.43 bits per heavy atom. The minimum Gasteiger partial charge on any atom is -0.398 e. The summed E-state index contributed by atoms with van der Waals surface area (Å²) in [5.74, 6) is -0.146. The number of nitrogens with zero attached hydrogens (tertiary/aromatic N) is 1. The second kappa shape index (κ2) is 5.56. The van der Waals surface area contributed by atoms with E-state index in [1.165, 1.54) is 19.3 Å². The second-order valence-electron chi connectivity index (χ2n) is 5.54. The molecular weight excluding hydrogens is 282 g/mol. The summed E-state index contributed by atoms with van der Waals surface area (Å²) in [7, 11) is 0. The first-order chi connectivity index (χ1) is 10.1. The summed E-state index contributed by atoms with van der Waals surface area (Å²) in [6.07, 6.45) is 5.69. The lowest BCUT2D eigenvalue weighted by atomic mass is 9.84. The van der Waals surface area contributed by atoms with Gasteiger partial charge in [-0.2, -0.15) is 11.8 Å². The standard InChI is InChI=1S/C16H19N3OS/c1-21-16(7-4-8-16)10-18-15(20)14-9-12(17)11-5-2-3-6-13(11)19-14/h2-3,5-6,9H,4,7-8,10H2,1H3,(H2,17,19)(H,18,20). The van der Waals surface area contributed by atoms with Gasteiger partial charge in [0.15, 0.2) is 0 Å². The molecule has 21 heavy (non-hydrogen) atoms. The number of thioether (sulfide) groups is 1. The summed E-state index contributed by atoms with van der Waals surface area (Å²) >= 11 is 1.84. The van der Waals surface area contributed by atoms with Crippen LogP contribution in [0.5, 0.6) is 0 Å². The van der Waals surface area contributed by atoms with Crippen LogP contribution in [0.4, 0.5) is 5.69 Å². The molecule has 1 saturated carbocycles. The number of benzene rings is 1. The SMILES string of the molecule is CSC1(CNC(=O)c2cc(N)c3ccccc3n2)CCC1. The van der Waals surface area contributed by atoms with Gasteiger partial charge in [-0.1, -0.05) is 24.6 Å². The Morgan fingerprint density at radius 3 is 2.86 bits per heavy atom. The van der Waals surface area contributed by atoms with Crippen LogP contribution in [0, 0.1) is 0 Å². The highest BCUT2D eigenvalue weighted by Gasteiger charge is 2.36. The first-order valence-corrected chi connectivity index (χ1v) is 8.35. The smallest absolute Gasteiger partial charge is 0.270 e. The predicted molar refractivity (Wildman–Crippen MR) is 88.6 cm³/mol. The van der Waals surface area contributed by atoms with Gasteiger partial charge in [-0.25, -0.2) is 4.98 Å². The highest BCUT2D eigenvalue weighted by molar-refractivity contribution is 8.00. The summed E-state index contributed by atoms with van der Waals surface area (Å²) < 4.78 is 0.220. The third-order valence-corrected chi connectivity index (χ3v) is 5.67. The summed E-state index contributed by atoms with van der Waals surface area (Å²) in [6, 6.07) is 9.25. The Labute approximate surface area is 128 Å². The molecule has 1 amide bonds. The van der Waals surface area contributed by atoms with Crippen LogP contribution in [0.1, 0.15) is 29.8 Å². The largest absolute Gasteiger partial charge is 0.398 e. The normalized spacial score (nSPS) is 16.4. The lowest BCUT2D eigenvalue weighted by molar-refractivity contribution is 0.0939. The van der Waals surface area contributed by atoms with Crippen molar-refractivity contribution in [3.8, 4) is 0 Å². The van der Waals surface area contributed by atoms with E-state index >= 15 is 0 Å². The highest BCUT2D eigenvalue weighted by atomic mass is 32.2. The molecule has 2 aromatic rings. The molecule has 1 fully saturated rings. The molecule has 0 radical (unpaired) electrons. The number of hydrogen-bond donors (Lipinski definition) is 2. The summed E-state index contributed by atoms with van der Waals surface area (Å²) in [5.41, 5.74) is 7.75. The Balaban J connectivity index is 1.78. The average molecular weight is 301 g/mol. The molecule has 0 aliphatic heterocycles. The van der Waals surface area contributed by atoms with Gasteiger partial charge in [0, 0.05) is 22.4 Å². The molecule has 4 nitrogen and oxygen atoms in total. The number of amides is 1. The molecule has 0 atom stereocenters. The summed E-state index contributed by atoms with van der Waals surface area (Å²) in [4.78, 5) is 16.7. The predicted octanol–water partition coefficient (Wildman–Crippen LogP) is 2.83.